The predicted octanol–water partition coefficient (Wildman–Crippen LogP) is 2.33. The summed E-state index contributed by atoms with van der Waals surface area (Å²) < 4.78 is 1.31. The van der Waals surface area contributed by atoms with E-state index in [1.165, 1.54) is 10.9 Å². The fourth-order valence-electron chi connectivity index (χ4n) is 3.06. The molecule has 6 heteroatoms. The van der Waals surface area contributed by atoms with Gasteiger partial charge in [0.25, 0.3) is 5.56 Å². The molecule has 6 nitrogen and oxygen atoms in total. The second kappa shape index (κ2) is 5.66. The summed E-state index contributed by atoms with van der Waals surface area (Å²) >= 11 is 0. The van der Waals surface area contributed by atoms with Gasteiger partial charge >= 0.3 is 0 Å². The maximum absolute atomic E-state index is 12.6. The number of benzene rings is 2. The summed E-state index contributed by atoms with van der Waals surface area (Å²) in [4.78, 5) is 41.0. The summed E-state index contributed by atoms with van der Waals surface area (Å²) in [5.74, 6) is -0.559. The minimum atomic E-state index is -0.284. The molecule has 1 N–H and O–H groups in total. The van der Waals surface area contributed by atoms with Crippen LogP contribution in [0.3, 0.4) is 0 Å². The summed E-state index contributed by atoms with van der Waals surface area (Å²) in [7, 11) is 0. The van der Waals surface area contributed by atoms with Crippen molar-refractivity contribution in [3.8, 4) is 0 Å². The van der Waals surface area contributed by atoms with Gasteiger partial charge in [0.2, 0.25) is 5.91 Å². The second-order valence-corrected chi connectivity index (χ2v) is 6.13. The van der Waals surface area contributed by atoms with Crippen LogP contribution in [0, 0.1) is 0 Å². The smallest absolute Gasteiger partial charge is 0.261 e. The number of para-hydroxylation sites is 1. The number of anilines is 1. The van der Waals surface area contributed by atoms with Crippen molar-refractivity contribution in [2.75, 3.05) is 5.32 Å². The highest BCUT2D eigenvalue weighted by Crippen LogP contribution is 2.32. The fourth-order valence-corrected chi connectivity index (χ4v) is 3.06. The monoisotopic (exact) mass is 333 g/mol. The molecule has 0 saturated heterocycles. The SMILES string of the molecule is C[C@@H]1C(=O)Nc2ccc(C(=O)Cn3cnc4ccccc4c3=O)cc21. The van der Waals surface area contributed by atoms with Gasteiger partial charge in [-0.2, -0.15) is 0 Å². The lowest BCUT2D eigenvalue weighted by molar-refractivity contribution is -0.116. The van der Waals surface area contributed by atoms with Crippen molar-refractivity contribution in [3.63, 3.8) is 0 Å². The van der Waals surface area contributed by atoms with Crippen LogP contribution < -0.4 is 10.9 Å². The van der Waals surface area contributed by atoms with Gasteiger partial charge < -0.3 is 5.32 Å². The van der Waals surface area contributed by atoms with Gasteiger partial charge in [0.05, 0.1) is 29.7 Å². The zero-order chi connectivity index (χ0) is 17.6. The van der Waals surface area contributed by atoms with E-state index in [1.54, 1.807) is 43.3 Å². The maximum atomic E-state index is 12.6. The van der Waals surface area contributed by atoms with Crippen LogP contribution >= 0.6 is 0 Å². The molecule has 2 aromatic carbocycles. The van der Waals surface area contributed by atoms with E-state index in [9.17, 15) is 14.4 Å². The standard InChI is InChI=1S/C19H15N3O3/c1-11-14-8-12(6-7-16(14)21-18(11)24)17(23)9-22-10-20-15-5-3-2-4-13(15)19(22)25/h2-8,10-11H,9H2,1H3,(H,21,24)/t11-/m0/s1. The van der Waals surface area contributed by atoms with Crippen LogP contribution in [0.4, 0.5) is 5.69 Å². The molecule has 0 unspecified atom stereocenters. The second-order valence-electron chi connectivity index (χ2n) is 6.13. The molecule has 124 valence electrons. The fraction of sp³-hybridized carbons (Fsp3) is 0.158. The Bertz CT molecular complexity index is 1080. The van der Waals surface area contributed by atoms with Gasteiger partial charge in [0.15, 0.2) is 5.78 Å². The Labute approximate surface area is 143 Å². The highest BCUT2D eigenvalue weighted by Gasteiger charge is 2.27. The van der Waals surface area contributed by atoms with Crippen molar-refractivity contribution in [1.82, 2.24) is 9.55 Å². The lowest BCUT2D eigenvalue weighted by Crippen LogP contribution is -2.24. The number of rotatable bonds is 3. The van der Waals surface area contributed by atoms with E-state index in [0.717, 1.165) is 11.3 Å². The van der Waals surface area contributed by atoms with Crippen molar-refractivity contribution >= 4 is 28.3 Å². The summed E-state index contributed by atoms with van der Waals surface area (Å²) in [5, 5.41) is 3.26. The van der Waals surface area contributed by atoms with E-state index >= 15 is 0 Å². The number of hydrogen-bond acceptors (Lipinski definition) is 4. The number of Topliss-reactive ketones (excluding diaryl/α,β-unsaturated/α-hetero) is 1. The lowest BCUT2D eigenvalue weighted by Gasteiger charge is -2.08. The molecule has 1 aliphatic heterocycles. The van der Waals surface area contributed by atoms with E-state index < -0.39 is 0 Å². The number of aromatic nitrogens is 2. The Morgan fingerprint density at radius 3 is 2.84 bits per heavy atom. The molecule has 0 bridgehead atoms. The highest BCUT2D eigenvalue weighted by molar-refractivity contribution is 6.04. The number of fused-ring (bicyclic) bond motifs is 2. The van der Waals surface area contributed by atoms with Crippen LogP contribution in [0.2, 0.25) is 0 Å². The van der Waals surface area contributed by atoms with E-state index in [1.807, 2.05) is 6.07 Å². The Balaban J connectivity index is 1.66. The van der Waals surface area contributed by atoms with Gasteiger partial charge in [0.1, 0.15) is 0 Å². The van der Waals surface area contributed by atoms with Crippen molar-refractivity contribution < 1.29 is 9.59 Å². The van der Waals surface area contributed by atoms with Gasteiger partial charge in [-0.25, -0.2) is 4.98 Å². The molecule has 1 atom stereocenters. The maximum Gasteiger partial charge on any atom is 0.261 e. The van der Waals surface area contributed by atoms with Crippen LogP contribution in [-0.4, -0.2) is 21.2 Å². The van der Waals surface area contributed by atoms with E-state index in [-0.39, 0.29) is 29.7 Å². The summed E-state index contributed by atoms with van der Waals surface area (Å²) in [6.45, 7) is 1.71. The third kappa shape index (κ3) is 2.52. The molecular formula is C19H15N3O3. The number of hydrogen-bond donors (Lipinski definition) is 1. The van der Waals surface area contributed by atoms with Crippen molar-refractivity contribution in [2.45, 2.75) is 19.4 Å². The average molecular weight is 333 g/mol. The minimum absolute atomic E-state index is 0.0745. The first-order valence-corrected chi connectivity index (χ1v) is 7.97. The number of carbonyl (C=O) groups excluding carboxylic acids is 2. The molecule has 1 amide bonds. The van der Waals surface area contributed by atoms with Crippen molar-refractivity contribution in [1.29, 1.82) is 0 Å². The van der Waals surface area contributed by atoms with Crippen LogP contribution in [0.5, 0.6) is 0 Å². The number of amides is 1. The van der Waals surface area contributed by atoms with E-state index in [2.05, 4.69) is 10.3 Å². The van der Waals surface area contributed by atoms with Gasteiger partial charge in [-0.1, -0.05) is 12.1 Å². The number of nitrogens with zero attached hydrogens (tertiary/aromatic N) is 2. The predicted molar refractivity (Wildman–Crippen MR) is 93.8 cm³/mol. The molecule has 2 heterocycles. The van der Waals surface area contributed by atoms with Gasteiger partial charge in [0, 0.05) is 11.3 Å². The molecule has 3 aromatic rings. The largest absolute Gasteiger partial charge is 0.325 e. The highest BCUT2D eigenvalue weighted by atomic mass is 16.2. The zero-order valence-corrected chi connectivity index (χ0v) is 13.5. The van der Waals surface area contributed by atoms with Crippen molar-refractivity contribution in [2.24, 2.45) is 0 Å². The summed E-state index contributed by atoms with van der Waals surface area (Å²) in [6, 6.07) is 12.1. The Morgan fingerprint density at radius 1 is 1.20 bits per heavy atom. The molecule has 25 heavy (non-hydrogen) atoms. The first-order chi connectivity index (χ1) is 12.0. The molecule has 0 saturated carbocycles. The topological polar surface area (TPSA) is 81.1 Å². The number of ketones is 1. The van der Waals surface area contributed by atoms with Gasteiger partial charge in [-0.05, 0) is 42.8 Å². The molecule has 0 fully saturated rings. The van der Waals surface area contributed by atoms with E-state index in [4.69, 9.17) is 0 Å². The summed E-state index contributed by atoms with van der Waals surface area (Å²) in [5.41, 5.74) is 2.37. The molecular weight excluding hydrogens is 318 g/mol. The molecule has 0 radical (unpaired) electrons. The van der Waals surface area contributed by atoms with Gasteiger partial charge in [-0.3, -0.25) is 19.0 Å². The van der Waals surface area contributed by atoms with Gasteiger partial charge in [-0.15, -0.1) is 0 Å². The van der Waals surface area contributed by atoms with Crippen LogP contribution in [0.15, 0.2) is 53.6 Å². The minimum Gasteiger partial charge on any atom is -0.325 e. The molecule has 1 aliphatic rings. The first-order valence-electron chi connectivity index (χ1n) is 7.97. The lowest BCUT2D eigenvalue weighted by atomic mass is 9.99. The number of carbonyl (C=O) groups is 2. The van der Waals surface area contributed by atoms with Crippen molar-refractivity contribution in [3.05, 3.63) is 70.3 Å². The molecule has 0 spiro atoms. The zero-order valence-electron chi connectivity index (χ0n) is 13.5. The third-order valence-electron chi connectivity index (χ3n) is 4.54. The molecule has 1 aromatic heterocycles. The first kappa shape index (κ1) is 15.3. The molecule has 0 aliphatic carbocycles. The van der Waals surface area contributed by atoms with Crippen LogP contribution in [-0.2, 0) is 11.3 Å². The normalized spacial score (nSPS) is 15.9. The average Bonchev–Trinajstić information content (AvgIpc) is 2.91. The van der Waals surface area contributed by atoms with Crippen LogP contribution in [0.1, 0.15) is 28.8 Å². The van der Waals surface area contributed by atoms with E-state index in [0.29, 0.717) is 16.5 Å². The number of nitrogens with one attached hydrogen (secondary N) is 1. The van der Waals surface area contributed by atoms with Crippen LogP contribution in [0.25, 0.3) is 10.9 Å². The Morgan fingerprint density at radius 2 is 2.00 bits per heavy atom. The quantitative estimate of drug-likeness (QED) is 0.746. The third-order valence-corrected chi connectivity index (χ3v) is 4.54. The molecule has 4 rings (SSSR count). The Kier molecular flexibility index (Phi) is 3.46. The summed E-state index contributed by atoms with van der Waals surface area (Å²) in [6.07, 6.45) is 1.39. The Hall–Kier alpha value is -3.28.